The first-order valence-electron chi connectivity index (χ1n) is 14.4. The highest BCUT2D eigenvalue weighted by atomic mass is 16.7. The van der Waals surface area contributed by atoms with Crippen molar-refractivity contribution >= 4 is 0 Å². The van der Waals surface area contributed by atoms with E-state index in [-0.39, 0.29) is 24.7 Å². The predicted molar refractivity (Wildman–Crippen MR) is 164 cm³/mol. The first kappa shape index (κ1) is 32.4. The second kappa shape index (κ2) is 16.4. The number of benzene rings is 1. The van der Waals surface area contributed by atoms with Gasteiger partial charge in [0.25, 0.3) is 0 Å². The number of aliphatic hydroxyl groups excluding tert-OH is 1. The molecule has 1 aromatic heterocycles. The van der Waals surface area contributed by atoms with Crippen molar-refractivity contribution < 1.29 is 19.3 Å². The van der Waals surface area contributed by atoms with Gasteiger partial charge < -0.3 is 19.3 Å². The minimum atomic E-state index is -0.452. The van der Waals surface area contributed by atoms with E-state index in [1.165, 1.54) is 11.1 Å². The SMILES string of the molecule is C=C(C)CCC=C(C)C.C=C(C)CCO[C@@H]1C=C(CO)C2CC(OCc3cn(-c4ccccc4)nn3)C(C)=CC2O1. The summed E-state index contributed by atoms with van der Waals surface area (Å²) in [5.74, 6) is 0.0645. The number of aromatic nitrogens is 3. The lowest BCUT2D eigenvalue weighted by atomic mass is 9.79. The van der Waals surface area contributed by atoms with Crippen LogP contribution < -0.4 is 0 Å². The number of hydrogen-bond acceptors (Lipinski definition) is 6. The zero-order valence-electron chi connectivity index (χ0n) is 25.4. The Morgan fingerprint density at radius 3 is 2.46 bits per heavy atom. The summed E-state index contributed by atoms with van der Waals surface area (Å²) in [5.41, 5.74) is 7.52. The van der Waals surface area contributed by atoms with Crippen molar-refractivity contribution in [2.24, 2.45) is 5.92 Å². The van der Waals surface area contributed by atoms with E-state index in [9.17, 15) is 5.11 Å². The summed E-state index contributed by atoms with van der Waals surface area (Å²) in [7, 11) is 0. The molecule has 0 fully saturated rings. The zero-order valence-corrected chi connectivity index (χ0v) is 25.4. The van der Waals surface area contributed by atoms with E-state index in [1.807, 2.05) is 49.5 Å². The lowest BCUT2D eigenvalue weighted by Crippen LogP contribution is -2.41. The molecule has 1 aromatic carbocycles. The van der Waals surface area contributed by atoms with Gasteiger partial charge in [0.1, 0.15) is 5.69 Å². The maximum atomic E-state index is 9.96. The average Bonchev–Trinajstić information content (AvgIpc) is 3.41. The number of aliphatic hydroxyl groups is 1. The van der Waals surface area contributed by atoms with E-state index >= 15 is 0 Å². The van der Waals surface area contributed by atoms with Crippen molar-refractivity contribution in [3.8, 4) is 5.69 Å². The van der Waals surface area contributed by atoms with E-state index in [0.29, 0.717) is 13.2 Å². The topological polar surface area (TPSA) is 78.6 Å². The number of allylic oxidation sites excluding steroid dienone is 3. The maximum absolute atomic E-state index is 9.96. The third-order valence-corrected chi connectivity index (χ3v) is 7.03. The highest BCUT2D eigenvalue weighted by Gasteiger charge is 2.37. The summed E-state index contributed by atoms with van der Waals surface area (Å²) in [5, 5.41) is 18.4. The van der Waals surface area contributed by atoms with Gasteiger partial charge in [-0.3, -0.25) is 0 Å². The van der Waals surface area contributed by atoms with E-state index in [0.717, 1.165) is 53.8 Å². The molecule has 7 nitrogen and oxygen atoms in total. The number of hydrogen-bond donors (Lipinski definition) is 1. The summed E-state index contributed by atoms with van der Waals surface area (Å²) < 4.78 is 19.9. The molecule has 222 valence electrons. The summed E-state index contributed by atoms with van der Waals surface area (Å²) in [4.78, 5) is 0. The maximum Gasteiger partial charge on any atom is 0.177 e. The largest absolute Gasteiger partial charge is 0.392 e. The Morgan fingerprint density at radius 1 is 1.07 bits per heavy atom. The Hall–Kier alpha value is -3.10. The number of rotatable bonds is 12. The molecule has 2 aliphatic rings. The van der Waals surface area contributed by atoms with E-state index in [2.05, 4.69) is 63.3 Å². The Labute approximate surface area is 245 Å². The second-order valence-electron chi connectivity index (χ2n) is 11.3. The van der Waals surface area contributed by atoms with Crippen molar-refractivity contribution in [2.45, 2.75) is 85.4 Å². The van der Waals surface area contributed by atoms with Crippen LogP contribution in [0.1, 0.15) is 66.0 Å². The third-order valence-electron chi connectivity index (χ3n) is 7.03. The molecular weight excluding hydrogens is 514 g/mol. The molecule has 0 bridgehead atoms. The molecule has 0 saturated carbocycles. The molecule has 3 unspecified atom stereocenters. The fourth-order valence-corrected chi connectivity index (χ4v) is 4.69. The van der Waals surface area contributed by atoms with Gasteiger partial charge in [0, 0.05) is 5.92 Å². The normalized spacial score (nSPS) is 21.5. The molecule has 1 aliphatic heterocycles. The van der Waals surface area contributed by atoms with E-state index in [4.69, 9.17) is 14.2 Å². The molecule has 2 aromatic rings. The minimum absolute atomic E-state index is 0.0180. The van der Waals surface area contributed by atoms with Crippen LogP contribution in [0.15, 0.2) is 95.8 Å². The van der Waals surface area contributed by atoms with Crippen LogP contribution in [0.3, 0.4) is 0 Å². The summed E-state index contributed by atoms with van der Waals surface area (Å²) in [6, 6.07) is 9.86. The van der Waals surface area contributed by atoms with Crippen LogP contribution >= 0.6 is 0 Å². The Morgan fingerprint density at radius 2 is 1.80 bits per heavy atom. The van der Waals surface area contributed by atoms with Gasteiger partial charge in [0.2, 0.25) is 0 Å². The molecule has 4 atom stereocenters. The predicted octanol–water partition coefficient (Wildman–Crippen LogP) is 7.05. The lowest BCUT2D eigenvalue weighted by molar-refractivity contribution is -0.155. The fourth-order valence-electron chi connectivity index (χ4n) is 4.69. The molecule has 0 radical (unpaired) electrons. The Bertz CT molecular complexity index is 1220. The van der Waals surface area contributed by atoms with Gasteiger partial charge in [-0.2, -0.15) is 0 Å². The van der Waals surface area contributed by atoms with Gasteiger partial charge in [-0.05, 0) is 89.7 Å². The molecule has 1 N–H and O–H groups in total. The zero-order chi connectivity index (χ0) is 29.8. The Kier molecular flexibility index (Phi) is 12.9. The first-order valence-corrected chi connectivity index (χ1v) is 14.4. The smallest absolute Gasteiger partial charge is 0.177 e. The molecule has 7 heteroatoms. The Balaban J connectivity index is 0.000000445. The monoisotopic (exact) mass is 561 g/mol. The van der Waals surface area contributed by atoms with Gasteiger partial charge in [0.05, 0.1) is 43.9 Å². The van der Waals surface area contributed by atoms with Crippen LogP contribution in [0.5, 0.6) is 0 Å². The molecule has 0 amide bonds. The molecule has 1 aliphatic carbocycles. The van der Waals surface area contributed by atoms with Crippen LogP contribution in [0.4, 0.5) is 0 Å². The van der Waals surface area contributed by atoms with Gasteiger partial charge in [-0.15, -0.1) is 18.3 Å². The van der Waals surface area contributed by atoms with Crippen molar-refractivity contribution in [3.05, 3.63) is 101 Å². The molecule has 4 rings (SSSR count). The van der Waals surface area contributed by atoms with Gasteiger partial charge in [-0.25, -0.2) is 4.68 Å². The number of nitrogens with zero attached hydrogens (tertiary/aromatic N) is 3. The summed E-state index contributed by atoms with van der Waals surface area (Å²) >= 11 is 0. The van der Waals surface area contributed by atoms with Gasteiger partial charge in [0.15, 0.2) is 6.29 Å². The lowest BCUT2D eigenvalue weighted by Gasteiger charge is -2.40. The standard InChI is InChI=1S/C25H31N3O4.C9H16/c1-17(2)9-10-30-25-12-19(15-29)22-13-23(18(3)11-24(22)32-25)31-16-20-14-28(27-26-20)21-7-5-4-6-8-21;1-8(2)6-5-7-9(3)4/h4-8,11-12,14,22-25,29H,1,9-10,13,15-16H2,2-3H3;7H,1,5-6H2,2-4H3/t22?,23?,24?,25-;/m0./s1. The number of fused-ring (bicyclic) bond motifs is 1. The summed E-state index contributed by atoms with van der Waals surface area (Å²) in [6.45, 7) is 19.0. The molecule has 0 spiro atoms. The highest BCUT2D eigenvalue weighted by Crippen LogP contribution is 2.37. The molecular formula is C34H47N3O4. The van der Waals surface area contributed by atoms with Gasteiger partial charge in [-0.1, -0.05) is 52.3 Å². The third kappa shape index (κ3) is 10.7. The molecule has 2 heterocycles. The quantitative estimate of drug-likeness (QED) is 0.280. The van der Waals surface area contributed by atoms with Crippen molar-refractivity contribution in [1.82, 2.24) is 15.0 Å². The number of ether oxygens (including phenoxy) is 3. The van der Waals surface area contributed by atoms with Crippen LogP contribution in [0, 0.1) is 5.92 Å². The van der Waals surface area contributed by atoms with Crippen molar-refractivity contribution in [1.29, 1.82) is 0 Å². The second-order valence-corrected chi connectivity index (χ2v) is 11.3. The highest BCUT2D eigenvalue weighted by molar-refractivity contribution is 5.30. The minimum Gasteiger partial charge on any atom is -0.392 e. The van der Waals surface area contributed by atoms with Crippen LogP contribution in [-0.4, -0.2) is 51.8 Å². The average molecular weight is 562 g/mol. The number of para-hydroxylation sites is 1. The van der Waals surface area contributed by atoms with Crippen molar-refractivity contribution in [2.75, 3.05) is 13.2 Å². The molecule has 0 saturated heterocycles. The van der Waals surface area contributed by atoms with Crippen molar-refractivity contribution in [3.63, 3.8) is 0 Å². The molecule has 41 heavy (non-hydrogen) atoms. The van der Waals surface area contributed by atoms with Crippen LogP contribution in [0.2, 0.25) is 0 Å². The van der Waals surface area contributed by atoms with Gasteiger partial charge >= 0.3 is 0 Å². The van der Waals surface area contributed by atoms with E-state index < -0.39 is 6.29 Å². The summed E-state index contributed by atoms with van der Waals surface area (Å²) in [6.07, 6.45) is 11.3. The van der Waals surface area contributed by atoms with E-state index in [1.54, 1.807) is 4.68 Å². The van der Waals surface area contributed by atoms with Crippen LogP contribution in [-0.2, 0) is 20.8 Å². The first-order chi connectivity index (χ1) is 19.7. The fraction of sp³-hybridized carbons (Fsp3) is 0.471. The van der Waals surface area contributed by atoms with Crippen LogP contribution in [0.25, 0.3) is 5.69 Å².